The van der Waals surface area contributed by atoms with Crippen LogP contribution in [0, 0.1) is 0 Å². The van der Waals surface area contributed by atoms with Crippen molar-refractivity contribution in [2.45, 2.75) is 35.9 Å². The highest BCUT2D eigenvalue weighted by atomic mass is 32.2. The first-order chi connectivity index (χ1) is 8.27. The van der Waals surface area contributed by atoms with E-state index in [2.05, 4.69) is 66.1 Å². The third kappa shape index (κ3) is 2.51. The Morgan fingerprint density at radius 1 is 1.12 bits per heavy atom. The second-order valence-electron chi connectivity index (χ2n) is 5.05. The zero-order chi connectivity index (χ0) is 11.7. The van der Waals surface area contributed by atoms with E-state index in [1.54, 1.807) is 0 Å². The Kier molecular flexibility index (Phi) is 3.42. The Hall–Kier alpha value is -0.120. The van der Waals surface area contributed by atoms with Gasteiger partial charge in [0.25, 0.3) is 0 Å². The predicted octanol–water partition coefficient (Wildman–Crippen LogP) is 3.68. The van der Waals surface area contributed by atoms with Gasteiger partial charge >= 0.3 is 0 Å². The fourth-order valence-corrected chi connectivity index (χ4v) is 6.50. The van der Waals surface area contributed by atoms with Crippen molar-refractivity contribution < 1.29 is 0 Å². The summed E-state index contributed by atoms with van der Waals surface area (Å²) in [6.45, 7) is 2.33. The summed E-state index contributed by atoms with van der Waals surface area (Å²) < 4.78 is 0.491. The molecule has 3 rings (SSSR count). The molecule has 1 nitrogen and oxygen atoms in total. The summed E-state index contributed by atoms with van der Waals surface area (Å²) in [7, 11) is 0. The van der Waals surface area contributed by atoms with Crippen LogP contribution in [0.4, 0.5) is 0 Å². The SMILES string of the molecule is C[C@@H]1CC2(C[C@@H](c3ccccc3)N1)SCCS2. The number of hydrogen-bond acceptors (Lipinski definition) is 3. The van der Waals surface area contributed by atoms with E-state index < -0.39 is 0 Å². The minimum atomic E-state index is 0.491. The summed E-state index contributed by atoms with van der Waals surface area (Å²) >= 11 is 4.38. The van der Waals surface area contributed by atoms with Crippen LogP contribution in [0.2, 0.25) is 0 Å². The minimum absolute atomic E-state index is 0.491. The maximum Gasteiger partial charge on any atom is 0.0644 e. The topological polar surface area (TPSA) is 12.0 Å². The van der Waals surface area contributed by atoms with Crippen molar-refractivity contribution in [1.82, 2.24) is 5.32 Å². The molecule has 1 N–H and O–H groups in total. The largest absolute Gasteiger partial charge is 0.307 e. The molecule has 2 fully saturated rings. The number of benzene rings is 1. The number of rotatable bonds is 1. The lowest BCUT2D eigenvalue weighted by Crippen LogP contribution is -2.44. The highest BCUT2D eigenvalue weighted by Crippen LogP contribution is 2.53. The van der Waals surface area contributed by atoms with E-state index in [9.17, 15) is 0 Å². The molecular weight excluding hydrogens is 246 g/mol. The minimum Gasteiger partial charge on any atom is -0.307 e. The highest BCUT2D eigenvalue weighted by molar-refractivity contribution is 8.21. The molecule has 2 aliphatic heterocycles. The van der Waals surface area contributed by atoms with Gasteiger partial charge in [-0.15, -0.1) is 23.5 Å². The Bertz CT molecular complexity index is 373. The van der Waals surface area contributed by atoms with Crippen molar-refractivity contribution in [3.05, 3.63) is 35.9 Å². The van der Waals surface area contributed by atoms with E-state index in [0.29, 0.717) is 16.2 Å². The van der Waals surface area contributed by atoms with Crippen LogP contribution >= 0.6 is 23.5 Å². The van der Waals surface area contributed by atoms with Crippen molar-refractivity contribution in [3.63, 3.8) is 0 Å². The van der Waals surface area contributed by atoms with E-state index in [1.807, 2.05) is 0 Å². The fourth-order valence-electron chi connectivity index (χ4n) is 2.95. The number of thioether (sulfide) groups is 2. The molecule has 3 heteroatoms. The molecule has 2 atom stereocenters. The zero-order valence-corrected chi connectivity index (χ0v) is 11.8. The van der Waals surface area contributed by atoms with Crippen LogP contribution in [0.1, 0.15) is 31.4 Å². The van der Waals surface area contributed by atoms with Crippen molar-refractivity contribution in [2.24, 2.45) is 0 Å². The fraction of sp³-hybridized carbons (Fsp3) is 0.571. The monoisotopic (exact) mass is 265 g/mol. The number of hydrogen-bond donors (Lipinski definition) is 1. The average molecular weight is 265 g/mol. The first-order valence-corrected chi connectivity index (χ1v) is 8.33. The molecule has 1 aromatic carbocycles. The molecule has 0 saturated carbocycles. The molecule has 0 amide bonds. The van der Waals surface area contributed by atoms with Gasteiger partial charge in [-0.3, -0.25) is 0 Å². The first-order valence-electron chi connectivity index (χ1n) is 6.36. The van der Waals surface area contributed by atoms with Crippen molar-refractivity contribution >= 4 is 23.5 Å². The van der Waals surface area contributed by atoms with Gasteiger partial charge in [-0.2, -0.15) is 0 Å². The van der Waals surface area contributed by atoms with Gasteiger partial charge in [-0.1, -0.05) is 30.3 Å². The Balaban J connectivity index is 1.82. The van der Waals surface area contributed by atoms with Crippen LogP contribution in [-0.4, -0.2) is 21.6 Å². The van der Waals surface area contributed by atoms with Gasteiger partial charge in [-0.05, 0) is 25.3 Å². The van der Waals surface area contributed by atoms with Gasteiger partial charge in [0.2, 0.25) is 0 Å². The molecule has 92 valence electrons. The molecule has 2 saturated heterocycles. The first kappa shape index (κ1) is 11.9. The molecule has 0 unspecified atom stereocenters. The zero-order valence-electron chi connectivity index (χ0n) is 10.2. The maximum atomic E-state index is 3.76. The van der Waals surface area contributed by atoms with Crippen LogP contribution < -0.4 is 5.32 Å². The van der Waals surface area contributed by atoms with Gasteiger partial charge in [-0.25, -0.2) is 0 Å². The third-order valence-electron chi connectivity index (χ3n) is 3.63. The normalized spacial score (nSPS) is 31.8. The Morgan fingerprint density at radius 3 is 2.53 bits per heavy atom. The van der Waals surface area contributed by atoms with E-state index in [4.69, 9.17) is 0 Å². The van der Waals surface area contributed by atoms with E-state index in [1.165, 1.54) is 29.9 Å². The second-order valence-corrected chi connectivity index (χ2v) is 8.26. The predicted molar refractivity (Wildman–Crippen MR) is 78.7 cm³/mol. The Morgan fingerprint density at radius 2 is 1.82 bits per heavy atom. The number of nitrogens with one attached hydrogen (secondary N) is 1. The molecule has 1 spiro atoms. The second kappa shape index (κ2) is 4.87. The molecule has 2 aliphatic rings. The van der Waals surface area contributed by atoms with Gasteiger partial charge in [0, 0.05) is 23.6 Å². The summed E-state index contributed by atoms with van der Waals surface area (Å²) in [6, 6.07) is 12.1. The molecule has 0 bridgehead atoms. The van der Waals surface area contributed by atoms with Crippen molar-refractivity contribution in [2.75, 3.05) is 11.5 Å². The van der Waals surface area contributed by atoms with Crippen molar-refractivity contribution in [3.8, 4) is 0 Å². The summed E-state index contributed by atoms with van der Waals surface area (Å²) in [5, 5.41) is 3.76. The van der Waals surface area contributed by atoms with E-state index in [-0.39, 0.29) is 0 Å². The van der Waals surface area contributed by atoms with Gasteiger partial charge in [0.15, 0.2) is 0 Å². The van der Waals surface area contributed by atoms with Crippen LogP contribution in [0.5, 0.6) is 0 Å². The molecule has 0 radical (unpaired) electrons. The summed E-state index contributed by atoms with van der Waals surface area (Å²) in [5.74, 6) is 2.66. The average Bonchev–Trinajstić information content (AvgIpc) is 2.77. The molecular formula is C14H19NS2. The van der Waals surface area contributed by atoms with Crippen LogP contribution in [0.15, 0.2) is 30.3 Å². The van der Waals surface area contributed by atoms with Crippen LogP contribution in [0.3, 0.4) is 0 Å². The van der Waals surface area contributed by atoms with Crippen LogP contribution in [-0.2, 0) is 0 Å². The molecule has 0 aliphatic carbocycles. The lowest BCUT2D eigenvalue weighted by atomic mass is 9.93. The molecule has 2 heterocycles. The number of piperidine rings is 1. The van der Waals surface area contributed by atoms with E-state index >= 15 is 0 Å². The summed E-state index contributed by atoms with van der Waals surface area (Å²) in [6.07, 6.45) is 2.59. The van der Waals surface area contributed by atoms with Gasteiger partial charge in [0.05, 0.1) is 4.08 Å². The molecule has 1 aromatic rings. The quantitative estimate of drug-likeness (QED) is 0.832. The standard InChI is InChI=1S/C14H19NS2/c1-11-9-14(16-7-8-17-14)10-13(15-11)12-5-3-2-4-6-12/h2-6,11,13,15H,7-10H2,1H3/t11-,13+/m1/s1. The highest BCUT2D eigenvalue weighted by Gasteiger charge is 2.42. The van der Waals surface area contributed by atoms with Crippen molar-refractivity contribution in [1.29, 1.82) is 0 Å². The van der Waals surface area contributed by atoms with E-state index in [0.717, 1.165) is 0 Å². The maximum absolute atomic E-state index is 3.76. The smallest absolute Gasteiger partial charge is 0.0644 e. The molecule has 17 heavy (non-hydrogen) atoms. The summed E-state index contributed by atoms with van der Waals surface area (Å²) in [4.78, 5) is 0. The van der Waals surface area contributed by atoms with Gasteiger partial charge < -0.3 is 5.32 Å². The molecule has 0 aromatic heterocycles. The lowest BCUT2D eigenvalue weighted by Gasteiger charge is -2.41. The Labute approximate surface area is 112 Å². The third-order valence-corrected chi connectivity index (χ3v) is 7.13. The lowest BCUT2D eigenvalue weighted by molar-refractivity contribution is 0.335. The van der Waals surface area contributed by atoms with Gasteiger partial charge in [0.1, 0.15) is 0 Å². The summed E-state index contributed by atoms with van der Waals surface area (Å²) in [5.41, 5.74) is 1.45. The van der Waals surface area contributed by atoms with Crippen LogP contribution in [0.25, 0.3) is 0 Å².